The van der Waals surface area contributed by atoms with Crippen molar-refractivity contribution in [2.75, 3.05) is 13.2 Å². The molecule has 23 heavy (non-hydrogen) atoms. The molecule has 8 nitrogen and oxygen atoms in total. The van der Waals surface area contributed by atoms with Gasteiger partial charge < -0.3 is 14.8 Å². The number of hydrogen-bond donors (Lipinski definition) is 1. The minimum absolute atomic E-state index is 0.0769. The van der Waals surface area contributed by atoms with Crippen molar-refractivity contribution in [2.45, 2.75) is 25.1 Å². The molecule has 1 fully saturated rings. The summed E-state index contributed by atoms with van der Waals surface area (Å²) < 4.78 is 14.5. The van der Waals surface area contributed by atoms with Crippen LogP contribution in [-0.4, -0.2) is 50.8 Å². The smallest absolute Gasteiger partial charge is 0.222 e. The fourth-order valence-corrected chi connectivity index (χ4v) is 2.53. The van der Waals surface area contributed by atoms with E-state index in [1.165, 1.54) is 0 Å². The number of aromatic nitrogens is 4. The monoisotopic (exact) mass is 339 g/mol. The lowest BCUT2D eigenvalue weighted by Gasteiger charge is -2.19. The minimum atomic E-state index is -0.220. The molecule has 0 unspecified atom stereocenters. The Hall–Kier alpha value is -2.06. The predicted molar refractivity (Wildman–Crippen MR) is 82.2 cm³/mol. The van der Waals surface area contributed by atoms with Crippen molar-refractivity contribution in [3.05, 3.63) is 29.8 Å². The number of nitrogens with zero attached hydrogens (tertiary/aromatic N) is 4. The lowest BCUT2D eigenvalue weighted by molar-refractivity contribution is -0.122. The number of rotatable bonds is 6. The number of aryl methyl sites for hydroxylation is 2. The first-order valence-corrected chi connectivity index (χ1v) is 7.68. The zero-order valence-electron chi connectivity index (χ0n) is 12.7. The second kappa shape index (κ2) is 7.01. The zero-order chi connectivity index (χ0) is 16.2. The quantitative estimate of drug-likeness (QED) is 0.834. The highest BCUT2D eigenvalue weighted by atomic mass is 35.5. The van der Waals surface area contributed by atoms with E-state index < -0.39 is 0 Å². The second-order valence-electron chi connectivity index (χ2n) is 5.39. The summed E-state index contributed by atoms with van der Waals surface area (Å²) in [5, 5.41) is 11.6. The zero-order valence-corrected chi connectivity index (χ0v) is 13.4. The third-order valence-electron chi connectivity index (χ3n) is 3.51. The van der Waals surface area contributed by atoms with Gasteiger partial charge in [-0.1, -0.05) is 11.6 Å². The van der Waals surface area contributed by atoms with Crippen molar-refractivity contribution in [1.82, 2.24) is 24.9 Å². The molecule has 2 atom stereocenters. The molecular formula is C14H18ClN5O3. The number of carbonyl (C=O) groups excluding carboxylic acids is 1. The SMILES string of the molecule is Cn1cc(O[C@@H]2COC[C@@H]2NC(=O)CCn2cc(Cl)cn2)cn1. The summed E-state index contributed by atoms with van der Waals surface area (Å²) >= 11 is 5.79. The molecule has 2 aromatic heterocycles. The van der Waals surface area contributed by atoms with Gasteiger partial charge >= 0.3 is 0 Å². The molecule has 1 aliphatic rings. The Morgan fingerprint density at radius 3 is 3.00 bits per heavy atom. The van der Waals surface area contributed by atoms with Crippen LogP contribution in [0.3, 0.4) is 0 Å². The average Bonchev–Trinajstić information content (AvgIpc) is 3.21. The molecule has 124 valence electrons. The Balaban J connectivity index is 1.48. The van der Waals surface area contributed by atoms with E-state index in [1.54, 1.807) is 34.2 Å². The van der Waals surface area contributed by atoms with Gasteiger partial charge in [-0.25, -0.2) is 0 Å². The normalized spacial score (nSPS) is 20.6. The van der Waals surface area contributed by atoms with Crippen LogP contribution in [0.1, 0.15) is 6.42 Å². The Kier molecular flexibility index (Phi) is 4.82. The lowest BCUT2D eigenvalue weighted by Crippen LogP contribution is -2.45. The summed E-state index contributed by atoms with van der Waals surface area (Å²) in [6.45, 7) is 1.35. The average molecular weight is 340 g/mol. The first kappa shape index (κ1) is 15.8. The van der Waals surface area contributed by atoms with Crippen molar-refractivity contribution < 1.29 is 14.3 Å². The Morgan fingerprint density at radius 2 is 2.30 bits per heavy atom. The number of nitrogens with one attached hydrogen (secondary N) is 1. The predicted octanol–water partition coefficient (Wildman–Crippen LogP) is 0.623. The molecule has 9 heteroatoms. The van der Waals surface area contributed by atoms with Gasteiger partial charge in [0.05, 0.1) is 42.9 Å². The van der Waals surface area contributed by atoms with Crippen molar-refractivity contribution in [3.8, 4) is 5.75 Å². The molecule has 3 rings (SSSR count). The Morgan fingerprint density at radius 1 is 1.43 bits per heavy atom. The number of halogens is 1. The van der Waals surface area contributed by atoms with Gasteiger partial charge in [0.25, 0.3) is 0 Å². The Labute approximate surface area is 138 Å². The first-order chi connectivity index (χ1) is 11.1. The molecule has 0 aromatic carbocycles. The van der Waals surface area contributed by atoms with Gasteiger partial charge in [0, 0.05) is 26.2 Å². The maximum Gasteiger partial charge on any atom is 0.222 e. The summed E-state index contributed by atoms with van der Waals surface area (Å²) in [6, 6.07) is -0.177. The van der Waals surface area contributed by atoms with E-state index in [2.05, 4.69) is 15.5 Å². The first-order valence-electron chi connectivity index (χ1n) is 7.30. The lowest BCUT2D eigenvalue weighted by atomic mass is 10.2. The number of ether oxygens (including phenoxy) is 2. The molecular weight excluding hydrogens is 322 g/mol. The maximum absolute atomic E-state index is 12.1. The third kappa shape index (κ3) is 4.23. The fourth-order valence-electron chi connectivity index (χ4n) is 2.38. The van der Waals surface area contributed by atoms with Crippen LogP contribution in [0.15, 0.2) is 24.8 Å². The number of amides is 1. The largest absolute Gasteiger partial charge is 0.482 e. The molecule has 3 heterocycles. The van der Waals surface area contributed by atoms with Gasteiger partial charge in [-0.2, -0.15) is 10.2 Å². The second-order valence-corrected chi connectivity index (χ2v) is 5.83. The number of hydrogen-bond acceptors (Lipinski definition) is 5. The molecule has 0 radical (unpaired) electrons. The number of carbonyl (C=O) groups is 1. The van der Waals surface area contributed by atoms with E-state index in [0.29, 0.717) is 37.0 Å². The van der Waals surface area contributed by atoms with Crippen molar-refractivity contribution in [3.63, 3.8) is 0 Å². The molecule has 0 aliphatic carbocycles. The molecule has 1 aliphatic heterocycles. The third-order valence-corrected chi connectivity index (χ3v) is 3.71. The molecule has 0 spiro atoms. The van der Waals surface area contributed by atoms with Gasteiger partial charge in [-0.15, -0.1) is 0 Å². The summed E-state index contributed by atoms with van der Waals surface area (Å²) in [6.07, 6.45) is 6.73. The van der Waals surface area contributed by atoms with Gasteiger partial charge in [0.1, 0.15) is 6.10 Å². The van der Waals surface area contributed by atoms with E-state index in [4.69, 9.17) is 21.1 Å². The Bertz CT molecular complexity index is 671. The molecule has 1 N–H and O–H groups in total. The van der Waals surface area contributed by atoms with Crippen LogP contribution in [0, 0.1) is 0 Å². The van der Waals surface area contributed by atoms with Gasteiger partial charge in [-0.05, 0) is 0 Å². The van der Waals surface area contributed by atoms with Crippen LogP contribution >= 0.6 is 11.6 Å². The van der Waals surface area contributed by atoms with Gasteiger partial charge in [-0.3, -0.25) is 14.2 Å². The van der Waals surface area contributed by atoms with E-state index in [-0.39, 0.29) is 18.1 Å². The van der Waals surface area contributed by atoms with Crippen molar-refractivity contribution >= 4 is 17.5 Å². The summed E-state index contributed by atoms with van der Waals surface area (Å²) in [7, 11) is 1.82. The van der Waals surface area contributed by atoms with Gasteiger partial charge in [0.15, 0.2) is 5.75 Å². The fraction of sp³-hybridized carbons (Fsp3) is 0.500. The van der Waals surface area contributed by atoms with Crippen LogP contribution in [0.2, 0.25) is 5.02 Å². The summed E-state index contributed by atoms with van der Waals surface area (Å²) in [4.78, 5) is 12.1. The van der Waals surface area contributed by atoms with Crippen molar-refractivity contribution in [2.24, 2.45) is 7.05 Å². The highest BCUT2D eigenvalue weighted by molar-refractivity contribution is 6.30. The highest BCUT2D eigenvalue weighted by Gasteiger charge is 2.31. The molecule has 2 aromatic rings. The highest BCUT2D eigenvalue weighted by Crippen LogP contribution is 2.16. The van der Waals surface area contributed by atoms with Crippen LogP contribution in [0.25, 0.3) is 0 Å². The summed E-state index contributed by atoms with van der Waals surface area (Å²) in [5.41, 5.74) is 0. The van der Waals surface area contributed by atoms with E-state index in [1.807, 2.05) is 7.05 Å². The topological polar surface area (TPSA) is 83.2 Å². The minimum Gasteiger partial charge on any atom is -0.482 e. The van der Waals surface area contributed by atoms with Crippen molar-refractivity contribution in [1.29, 1.82) is 0 Å². The van der Waals surface area contributed by atoms with Crippen LogP contribution < -0.4 is 10.1 Å². The molecule has 1 saturated heterocycles. The molecule has 0 bridgehead atoms. The molecule has 0 saturated carbocycles. The van der Waals surface area contributed by atoms with E-state index in [9.17, 15) is 4.79 Å². The van der Waals surface area contributed by atoms with Crippen LogP contribution in [-0.2, 0) is 23.1 Å². The molecule has 1 amide bonds. The maximum atomic E-state index is 12.1. The van der Waals surface area contributed by atoms with E-state index in [0.717, 1.165) is 0 Å². The summed E-state index contributed by atoms with van der Waals surface area (Å²) in [5.74, 6) is 0.584. The van der Waals surface area contributed by atoms with Gasteiger partial charge in [0.2, 0.25) is 5.91 Å². The van der Waals surface area contributed by atoms with E-state index >= 15 is 0 Å². The van der Waals surface area contributed by atoms with Crippen LogP contribution in [0.5, 0.6) is 5.75 Å². The van der Waals surface area contributed by atoms with Crippen LogP contribution in [0.4, 0.5) is 0 Å². The standard InChI is InChI=1S/C14H18ClN5O3/c1-19-7-11(5-16-19)23-13-9-22-8-12(13)18-14(21)2-3-20-6-10(15)4-17-20/h4-7,12-13H,2-3,8-9H2,1H3,(H,18,21)/t12-,13+/m0/s1.